The van der Waals surface area contributed by atoms with Crippen molar-refractivity contribution in [3.8, 4) is 0 Å². The Hall–Kier alpha value is -0.610. The number of likely N-dealkylation sites (N-methyl/N-ethyl adjacent to an activating group) is 1. The van der Waals surface area contributed by atoms with E-state index in [-0.39, 0.29) is 11.3 Å². The van der Waals surface area contributed by atoms with Gasteiger partial charge in [-0.25, -0.2) is 0 Å². The molecule has 98 valence electrons. The van der Waals surface area contributed by atoms with Crippen LogP contribution in [0.25, 0.3) is 0 Å². The van der Waals surface area contributed by atoms with E-state index in [0.29, 0.717) is 13.1 Å². The van der Waals surface area contributed by atoms with Crippen molar-refractivity contribution in [1.29, 1.82) is 0 Å². The first-order chi connectivity index (χ1) is 7.95. The van der Waals surface area contributed by atoms with Crippen LogP contribution in [0.1, 0.15) is 39.0 Å². The first-order valence-corrected chi connectivity index (χ1v) is 6.64. The van der Waals surface area contributed by atoms with Crippen molar-refractivity contribution in [2.45, 2.75) is 44.6 Å². The molecule has 2 aliphatic rings. The van der Waals surface area contributed by atoms with Crippen LogP contribution in [0, 0.1) is 5.41 Å². The number of rotatable bonds is 3. The average Bonchev–Trinajstić information content (AvgIpc) is 2.87. The molecule has 0 spiro atoms. The zero-order valence-electron chi connectivity index (χ0n) is 11.0. The fourth-order valence-corrected chi connectivity index (χ4v) is 3.21. The van der Waals surface area contributed by atoms with Crippen molar-refractivity contribution < 1.29 is 9.90 Å². The maximum Gasteiger partial charge on any atom is 0.228 e. The van der Waals surface area contributed by atoms with Gasteiger partial charge in [-0.1, -0.05) is 19.8 Å². The highest BCUT2D eigenvalue weighted by atomic mass is 16.3. The third kappa shape index (κ3) is 2.63. The van der Waals surface area contributed by atoms with Crippen molar-refractivity contribution in [2.75, 3.05) is 26.7 Å². The molecule has 0 aromatic carbocycles. The summed E-state index contributed by atoms with van der Waals surface area (Å²) >= 11 is 0. The molecule has 0 radical (unpaired) electrons. The molecule has 1 unspecified atom stereocenters. The predicted octanol–water partition coefficient (Wildman–Crippen LogP) is 0.749. The quantitative estimate of drug-likeness (QED) is 0.765. The molecule has 1 saturated carbocycles. The number of carbonyl (C=O) groups is 1. The van der Waals surface area contributed by atoms with Crippen LogP contribution in [0.2, 0.25) is 0 Å². The third-order valence-corrected chi connectivity index (χ3v) is 4.32. The van der Waals surface area contributed by atoms with Crippen molar-refractivity contribution in [3.05, 3.63) is 0 Å². The van der Waals surface area contributed by atoms with Gasteiger partial charge in [0.15, 0.2) is 0 Å². The standard InChI is InChI=1S/C13H24N2O2/c1-12(5-3-4-6-12)11(16)15(2)10-13(17)7-8-14-9-13/h14,17H,3-10H2,1-2H3. The average molecular weight is 240 g/mol. The summed E-state index contributed by atoms with van der Waals surface area (Å²) in [4.78, 5) is 14.1. The molecule has 4 nitrogen and oxygen atoms in total. The lowest BCUT2D eigenvalue weighted by molar-refractivity contribution is -0.142. The normalized spacial score (nSPS) is 31.7. The molecule has 0 aromatic rings. The minimum atomic E-state index is -0.723. The van der Waals surface area contributed by atoms with E-state index in [1.54, 1.807) is 4.90 Å². The lowest BCUT2D eigenvalue weighted by Crippen LogP contribution is -2.48. The van der Waals surface area contributed by atoms with Crippen molar-refractivity contribution in [2.24, 2.45) is 5.41 Å². The Labute approximate surface area is 103 Å². The maximum atomic E-state index is 12.4. The van der Waals surface area contributed by atoms with Gasteiger partial charge in [-0.15, -0.1) is 0 Å². The molecule has 4 heteroatoms. The molecule has 2 N–H and O–H groups in total. The molecule has 1 saturated heterocycles. The van der Waals surface area contributed by atoms with Crippen LogP contribution in [0.15, 0.2) is 0 Å². The van der Waals surface area contributed by atoms with E-state index < -0.39 is 5.60 Å². The second-order valence-corrected chi connectivity index (χ2v) is 6.08. The fourth-order valence-electron chi connectivity index (χ4n) is 3.21. The number of carbonyl (C=O) groups excluding carboxylic acids is 1. The number of β-amino-alcohol motifs (C(OH)–C–C–N with tert-alkyl or cyclic N) is 1. The molecular weight excluding hydrogens is 216 g/mol. The highest BCUT2D eigenvalue weighted by Gasteiger charge is 2.41. The van der Waals surface area contributed by atoms with Gasteiger partial charge in [-0.2, -0.15) is 0 Å². The van der Waals surface area contributed by atoms with Crippen LogP contribution in [0.4, 0.5) is 0 Å². The van der Waals surface area contributed by atoms with Gasteiger partial charge in [0.25, 0.3) is 0 Å². The molecule has 0 bridgehead atoms. The van der Waals surface area contributed by atoms with Crippen LogP contribution < -0.4 is 5.32 Å². The molecule has 17 heavy (non-hydrogen) atoms. The van der Waals surface area contributed by atoms with Gasteiger partial charge in [0.05, 0.1) is 12.1 Å². The smallest absolute Gasteiger partial charge is 0.228 e. The van der Waals surface area contributed by atoms with E-state index in [0.717, 1.165) is 38.6 Å². The van der Waals surface area contributed by atoms with Gasteiger partial charge in [0, 0.05) is 19.0 Å². The monoisotopic (exact) mass is 240 g/mol. The summed E-state index contributed by atoms with van der Waals surface area (Å²) in [5.41, 5.74) is -0.906. The minimum absolute atomic E-state index is 0.183. The van der Waals surface area contributed by atoms with Crippen LogP contribution in [0.5, 0.6) is 0 Å². The molecule has 2 rings (SSSR count). The Morgan fingerprint density at radius 1 is 1.35 bits per heavy atom. The van der Waals surface area contributed by atoms with E-state index in [1.807, 2.05) is 7.05 Å². The van der Waals surface area contributed by atoms with E-state index in [1.165, 1.54) is 0 Å². The Bertz CT molecular complexity index is 292. The van der Waals surface area contributed by atoms with E-state index >= 15 is 0 Å². The third-order valence-electron chi connectivity index (χ3n) is 4.32. The number of aliphatic hydroxyl groups is 1. The number of nitrogens with one attached hydrogen (secondary N) is 1. The Balaban J connectivity index is 1.95. The Morgan fingerprint density at radius 2 is 2.00 bits per heavy atom. The molecule has 1 heterocycles. The van der Waals surface area contributed by atoms with Crippen LogP contribution in [-0.2, 0) is 4.79 Å². The second kappa shape index (κ2) is 4.58. The maximum absolute atomic E-state index is 12.4. The van der Waals surface area contributed by atoms with E-state index in [2.05, 4.69) is 12.2 Å². The van der Waals surface area contributed by atoms with E-state index in [4.69, 9.17) is 0 Å². The molecule has 1 aliphatic carbocycles. The summed E-state index contributed by atoms with van der Waals surface area (Å²) in [6, 6.07) is 0. The fraction of sp³-hybridized carbons (Fsp3) is 0.923. The molecule has 1 atom stereocenters. The highest BCUT2D eigenvalue weighted by Crippen LogP contribution is 2.39. The lowest BCUT2D eigenvalue weighted by Gasteiger charge is -2.33. The van der Waals surface area contributed by atoms with Crippen molar-refractivity contribution in [1.82, 2.24) is 10.2 Å². The summed E-state index contributed by atoms with van der Waals surface area (Å²) in [5.74, 6) is 0.204. The Morgan fingerprint density at radius 3 is 2.53 bits per heavy atom. The molecule has 0 aromatic heterocycles. The molecule has 1 aliphatic heterocycles. The zero-order valence-corrected chi connectivity index (χ0v) is 11.0. The van der Waals surface area contributed by atoms with Crippen LogP contribution >= 0.6 is 0 Å². The predicted molar refractivity (Wildman–Crippen MR) is 66.6 cm³/mol. The second-order valence-electron chi connectivity index (χ2n) is 6.08. The van der Waals surface area contributed by atoms with Gasteiger partial charge in [-0.3, -0.25) is 4.79 Å². The van der Waals surface area contributed by atoms with Crippen LogP contribution in [0.3, 0.4) is 0 Å². The summed E-state index contributed by atoms with van der Waals surface area (Å²) in [5, 5.41) is 13.4. The number of hydrogen-bond donors (Lipinski definition) is 2. The topological polar surface area (TPSA) is 52.6 Å². The van der Waals surface area contributed by atoms with Gasteiger partial charge < -0.3 is 15.3 Å². The zero-order chi connectivity index (χ0) is 12.5. The first-order valence-electron chi connectivity index (χ1n) is 6.64. The minimum Gasteiger partial charge on any atom is -0.387 e. The summed E-state index contributed by atoms with van der Waals surface area (Å²) < 4.78 is 0. The first kappa shape index (κ1) is 12.8. The van der Waals surface area contributed by atoms with Crippen LogP contribution in [-0.4, -0.2) is 48.2 Å². The number of hydrogen-bond acceptors (Lipinski definition) is 3. The number of nitrogens with zero attached hydrogens (tertiary/aromatic N) is 1. The number of amides is 1. The summed E-state index contributed by atoms with van der Waals surface area (Å²) in [7, 11) is 1.82. The lowest BCUT2D eigenvalue weighted by atomic mass is 9.87. The van der Waals surface area contributed by atoms with E-state index in [9.17, 15) is 9.90 Å². The molecule has 1 amide bonds. The van der Waals surface area contributed by atoms with Gasteiger partial charge in [0.2, 0.25) is 5.91 Å². The SMILES string of the molecule is CN(CC1(O)CCNC1)C(=O)C1(C)CCCC1. The summed E-state index contributed by atoms with van der Waals surface area (Å²) in [6.07, 6.45) is 5.03. The van der Waals surface area contributed by atoms with Crippen molar-refractivity contribution >= 4 is 5.91 Å². The largest absolute Gasteiger partial charge is 0.387 e. The Kier molecular flexibility index (Phi) is 3.46. The summed E-state index contributed by atoms with van der Waals surface area (Å²) in [6.45, 7) is 3.96. The highest BCUT2D eigenvalue weighted by molar-refractivity contribution is 5.82. The van der Waals surface area contributed by atoms with Gasteiger partial charge >= 0.3 is 0 Å². The van der Waals surface area contributed by atoms with Crippen molar-refractivity contribution in [3.63, 3.8) is 0 Å². The molecular formula is C13H24N2O2. The molecule has 2 fully saturated rings. The van der Waals surface area contributed by atoms with Gasteiger partial charge in [0.1, 0.15) is 0 Å². The van der Waals surface area contributed by atoms with Gasteiger partial charge in [-0.05, 0) is 25.8 Å².